The van der Waals surface area contributed by atoms with Crippen LogP contribution in [0, 0.1) is 0 Å². The number of nitrogens with zero attached hydrogens (tertiary/aromatic N) is 2. The van der Waals surface area contributed by atoms with Gasteiger partial charge in [0.05, 0.1) is 0 Å². The number of unbranched alkanes of at least 4 members (excludes halogenated alkanes) is 2. The fourth-order valence-electron chi connectivity index (χ4n) is 4.53. The average Bonchev–Trinajstić information content (AvgIpc) is 3.20. The van der Waals surface area contributed by atoms with Crippen LogP contribution in [0.4, 0.5) is 0 Å². The van der Waals surface area contributed by atoms with Crippen LogP contribution in [0.2, 0.25) is 11.8 Å². The molecule has 0 spiro atoms. The molecule has 196 valence electrons. The van der Waals surface area contributed by atoms with Crippen LogP contribution in [0.1, 0.15) is 93.7 Å². The van der Waals surface area contributed by atoms with Crippen LogP contribution in [0.3, 0.4) is 0 Å². The fraction of sp³-hybridized carbons (Fsp3) is 0.394. The first-order valence-electron chi connectivity index (χ1n) is 13.2. The molecule has 1 heterocycles. The number of hydrogen-bond donors (Lipinski definition) is 0. The molecule has 2 aromatic carbocycles. The average molecular weight is 527 g/mol. The maximum atomic E-state index is 11.5. The Balaban J connectivity index is 0.00000145. The molecule has 0 N–H and O–H groups in total. The second-order valence-electron chi connectivity index (χ2n) is 9.12. The second-order valence-corrected chi connectivity index (χ2v) is 10.1. The van der Waals surface area contributed by atoms with Crippen LogP contribution in [0.15, 0.2) is 60.2 Å². The number of rotatable bonds is 10. The Labute approximate surface area is 226 Å². The van der Waals surface area contributed by atoms with E-state index in [0.29, 0.717) is 0 Å². The van der Waals surface area contributed by atoms with Crippen molar-refractivity contribution in [2.24, 2.45) is 0 Å². The van der Waals surface area contributed by atoms with Gasteiger partial charge in [0.1, 0.15) is 0 Å². The van der Waals surface area contributed by atoms with Crippen molar-refractivity contribution in [2.75, 3.05) is 0 Å². The van der Waals surface area contributed by atoms with Gasteiger partial charge in [-0.25, -0.2) is 4.70 Å². The first kappa shape index (κ1) is 29.7. The molecule has 0 radical (unpaired) electrons. The summed E-state index contributed by atoms with van der Waals surface area (Å²) in [6, 6.07) is 13.3. The summed E-state index contributed by atoms with van der Waals surface area (Å²) in [5.41, 5.74) is 21.6. The van der Waals surface area contributed by atoms with Crippen molar-refractivity contribution in [3.8, 4) is 0 Å². The summed E-state index contributed by atoms with van der Waals surface area (Å²) in [5, 5.41) is 0. The van der Waals surface area contributed by atoms with Crippen molar-refractivity contribution in [3.05, 3.63) is 99.1 Å². The normalized spacial score (nSPS) is 13.6. The van der Waals surface area contributed by atoms with Gasteiger partial charge in [0.2, 0.25) is 11.4 Å². The quantitative estimate of drug-likeness (QED) is 0.167. The Morgan fingerprint density at radius 1 is 0.778 bits per heavy atom. The van der Waals surface area contributed by atoms with Crippen molar-refractivity contribution >= 4 is 23.5 Å². The Kier molecular flexibility index (Phi) is 12.9. The predicted molar refractivity (Wildman–Crippen MR) is 155 cm³/mol. The van der Waals surface area contributed by atoms with Gasteiger partial charge >= 0.3 is 26.2 Å². The van der Waals surface area contributed by atoms with Gasteiger partial charge in [-0.3, -0.25) is 0 Å². The zero-order chi connectivity index (χ0) is 26.5. The van der Waals surface area contributed by atoms with Gasteiger partial charge in [0, 0.05) is 22.8 Å². The maximum absolute atomic E-state index is 11.5. The molecular weight excluding hydrogens is 483 g/mol. The third-order valence-electron chi connectivity index (χ3n) is 6.24. The molecule has 1 aliphatic heterocycles. The van der Waals surface area contributed by atoms with Crippen LogP contribution >= 0.6 is 0 Å². The predicted octanol–water partition coefficient (Wildman–Crippen LogP) is 10.4. The number of benzene rings is 2. The molecule has 0 saturated carbocycles. The van der Waals surface area contributed by atoms with E-state index in [9.17, 15) is 5.53 Å². The molecule has 2 nitrogen and oxygen atoms in total. The van der Waals surface area contributed by atoms with E-state index in [1.54, 1.807) is 14.4 Å². The van der Waals surface area contributed by atoms with Crippen LogP contribution in [0.5, 0.6) is 0 Å². The van der Waals surface area contributed by atoms with E-state index in [2.05, 4.69) is 99.3 Å². The van der Waals surface area contributed by atoms with E-state index in [0.717, 1.165) is 59.3 Å². The van der Waals surface area contributed by atoms with E-state index in [4.69, 9.17) is 0 Å². The van der Waals surface area contributed by atoms with Crippen LogP contribution in [0.25, 0.3) is 29.1 Å². The SMILES string of the molecule is CC=Cc1cc(C=CC)cc(C2=C(CCCCC)C=C(c3cc(CC)cc(CC)c3)[N+]2=[N-])c1.[CH3][Ni][CH3]. The summed E-state index contributed by atoms with van der Waals surface area (Å²) >= 11 is 1.62. The third-order valence-corrected chi connectivity index (χ3v) is 6.24. The fourth-order valence-corrected chi connectivity index (χ4v) is 4.53. The number of hydrogen-bond acceptors (Lipinski definition) is 0. The first-order chi connectivity index (χ1) is 17.5. The number of allylic oxidation sites excluding steroid dienone is 4. The molecule has 0 aromatic heterocycles. The topological polar surface area (TPSA) is 25.3 Å². The Morgan fingerprint density at radius 2 is 1.33 bits per heavy atom. The van der Waals surface area contributed by atoms with Gasteiger partial charge in [-0.15, -0.1) is 0 Å². The molecule has 0 unspecified atom stereocenters. The number of aryl methyl sites for hydroxylation is 2. The Bertz CT molecular complexity index is 1100. The summed E-state index contributed by atoms with van der Waals surface area (Å²) in [4.78, 5) is 0. The van der Waals surface area contributed by atoms with E-state index in [1.807, 2.05) is 13.8 Å². The van der Waals surface area contributed by atoms with Gasteiger partial charge < -0.3 is 5.53 Å². The van der Waals surface area contributed by atoms with Crippen molar-refractivity contribution in [2.45, 2.75) is 84.9 Å². The van der Waals surface area contributed by atoms with E-state index in [-0.39, 0.29) is 0 Å². The van der Waals surface area contributed by atoms with Gasteiger partial charge in [-0.05, 0) is 92.1 Å². The molecule has 0 atom stereocenters. The minimum atomic E-state index is 0.880. The van der Waals surface area contributed by atoms with Crippen LogP contribution < -0.4 is 0 Å². The van der Waals surface area contributed by atoms with Crippen molar-refractivity contribution in [1.82, 2.24) is 0 Å². The molecule has 0 saturated heterocycles. The molecule has 0 amide bonds. The third kappa shape index (κ3) is 8.00. The summed E-state index contributed by atoms with van der Waals surface area (Å²) in [7, 11) is 0. The zero-order valence-corrected chi connectivity index (χ0v) is 24.3. The van der Waals surface area contributed by atoms with E-state index >= 15 is 0 Å². The summed E-state index contributed by atoms with van der Waals surface area (Å²) in [6.45, 7) is 10.7. The molecule has 36 heavy (non-hydrogen) atoms. The monoisotopic (exact) mass is 526 g/mol. The first-order valence-corrected chi connectivity index (χ1v) is 15.1. The molecule has 0 aliphatic carbocycles. The standard InChI is InChI=1S/C31H38N2.2CH3.Ni/c1-6-11-12-15-27-22-30(28-18-23(9-4)16-24(10-5)19-28)33(32)31(27)29-20-25(13-7-2)17-26(21-29)14-8-3;;;/h7-8,13-14,16-22H,6,9-12,15H2,1-5H3;2*1H3;. The zero-order valence-electron chi connectivity index (χ0n) is 23.3. The molecule has 3 heteroatoms. The van der Waals surface area contributed by atoms with Crippen molar-refractivity contribution in [1.29, 1.82) is 0 Å². The van der Waals surface area contributed by atoms with Gasteiger partial charge in [0.25, 0.3) is 0 Å². The van der Waals surface area contributed by atoms with E-state index in [1.165, 1.54) is 34.2 Å². The van der Waals surface area contributed by atoms with Gasteiger partial charge in [-0.1, -0.05) is 64.0 Å². The van der Waals surface area contributed by atoms with E-state index < -0.39 is 0 Å². The molecule has 1 aliphatic rings. The van der Waals surface area contributed by atoms with Crippen LogP contribution in [-0.4, -0.2) is 4.70 Å². The molecular formula is C33H44N2Ni. The molecule has 0 fully saturated rings. The molecule has 0 bridgehead atoms. The van der Waals surface area contributed by atoms with Crippen LogP contribution in [-0.2, 0) is 27.3 Å². The minimum absolute atomic E-state index is 0.880. The summed E-state index contributed by atoms with van der Waals surface area (Å²) in [6.07, 6.45) is 17.0. The Morgan fingerprint density at radius 3 is 1.81 bits per heavy atom. The van der Waals surface area contributed by atoms with Gasteiger partial charge in [-0.2, -0.15) is 0 Å². The van der Waals surface area contributed by atoms with Crippen molar-refractivity contribution in [3.63, 3.8) is 0 Å². The second kappa shape index (κ2) is 15.6. The van der Waals surface area contributed by atoms with Gasteiger partial charge in [0.15, 0.2) is 0 Å². The summed E-state index contributed by atoms with van der Waals surface area (Å²) < 4.78 is 1.43. The molecule has 3 rings (SSSR count). The Hall–Kier alpha value is -2.51. The summed E-state index contributed by atoms with van der Waals surface area (Å²) in [5.74, 6) is 4.12. The van der Waals surface area contributed by atoms with Crippen molar-refractivity contribution < 1.29 is 19.1 Å². The molecule has 2 aromatic rings.